The molecule has 0 saturated heterocycles. The monoisotopic (exact) mass is 239 g/mol. The highest BCUT2D eigenvalue weighted by Crippen LogP contribution is 2.08. The number of carbonyl (C=O) groups is 1. The van der Waals surface area contributed by atoms with Gasteiger partial charge in [-0.3, -0.25) is 9.36 Å². The summed E-state index contributed by atoms with van der Waals surface area (Å²) in [5, 5.41) is 0. The molecular weight excluding hydrogens is 222 g/mol. The molecular formula is C11H17N3O3. The van der Waals surface area contributed by atoms with E-state index in [0.717, 1.165) is 0 Å². The van der Waals surface area contributed by atoms with E-state index < -0.39 is 17.3 Å². The molecule has 0 aromatic carbocycles. The van der Waals surface area contributed by atoms with Crippen molar-refractivity contribution in [2.75, 3.05) is 5.73 Å². The van der Waals surface area contributed by atoms with E-state index in [-0.39, 0.29) is 12.4 Å². The van der Waals surface area contributed by atoms with Gasteiger partial charge in [-0.2, -0.15) is 4.98 Å². The topological polar surface area (TPSA) is 87.2 Å². The number of hydrogen-bond acceptors (Lipinski definition) is 5. The second kappa shape index (κ2) is 4.57. The number of rotatable bonds is 2. The fourth-order valence-electron chi connectivity index (χ4n) is 1.24. The van der Waals surface area contributed by atoms with Crippen LogP contribution in [0.4, 0.5) is 5.82 Å². The van der Waals surface area contributed by atoms with Crippen LogP contribution in [0.3, 0.4) is 0 Å². The standard InChI is InChI=1S/C11H17N3O3/c1-7-5-14(10(16)13-9(7)12)6-8(15)17-11(2,3)4/h5H,6H2,1-4H3,(H2,12,13,16). The molecule has 6 nitrogen and oxygen atoms in total. The molecule has 0 saturated carbocycles. The molecule has 0 fully saturated rings. The van der Waals surface area contributed by atoms with E-state index in [2.05, 4.69) is 4.98 Å². The summed E-state index contributed by atoms with van der Waals surface area (Å²) in [6.07, 6.45) is 1.49. The smallest absolute Gasteiger partial charge is 0.350 e. The summed E-state index contributed by atoms with van der Waals surface area (Å²) >= 11 is 0. The molecule has 6 heteroatoms. The second-order valence-electron chi connectivity index (χ2n) is 4.81. The Hall–Kier alpha value is -1.85. The van der Waals surface area contributed by atoms with Gasteiger partial charge < -0.3 is 10.5 Å². The molecule has 0 bridgehead atoms. The van der Waals surface area contributed by atoms with Crippen LogP contribution in [0.15, 0.2) is 11.0 Å². The first-order valence-corrected chi connectivity index (χ1v) is 5.24. The van der Waals surface area contributed by atoms with E-state index >= 15 is 0 Å². The summed E-state index contributed by atoms with van der Waals surface area (Å²) in [4.78, 5) is 26.6. The zero-order valence-electron chi connectivity index (χ0n) is 10.5. The SMILES string of the molecule is Cc1cn(CC(=O)OC(C)(C)C)c(=O)nc1N. The number of carbonyl (C=O) groups excluding carboxylic acids is 1. The Kier molecular flexibility index (Phi) is 3.55. The van der Waals surface area contributed by atoms with Crippen LogP contribution >= 0.6 is 0 Å². The zero-order chi connectivity index (χ0) is 13.2. The predicted molar refractivity (Wildman–Crippen MR) is 63.5 cm³/mol. The average Bonchev–Trinajstić information content (AvgIpc) is 2.11. The molecule has 0 atom stereocenters. The number of nitrogens with zero attached hydrogens (tertiary/aromatic N) is 2. The van der Waals surface area contributed by atoms with E-state index in [1.807, 2.05) is 0 Å². The first-order chi connectivity index (χ1) is 7.69. The Morgan fingerprint density at radius 1 is 1.53 bits per heavy atom. The molecule has 1 rings (SSSR count). The lowest BCUT2D eigenvalue weighted by Gasteiger charge is -2.19. The third kappa shape index (κ3) is 3.90. The van der Waals surface area contributed by atoms with Crippen molar-refractivity contribution in [2.45, 2.75) is 39.8 Å². The number of aromatic nitrogens is 2. The van der Waals surface area contributed by atoms with Crippen molar-refractivity contribution in [2.24, 2.45) is 0 Å². The zero-order valence-corrected chi connectivity index (χ0v) is 10.5. The number of nitrogens with two attached hydrogens (primary N) is 1. The van der Waals surface area contributed by atoms with Crippen LogP contribution in [0, 0.1) is 6.92 Å². The van der Waals surface area contributed by atoms with E-state index in [1.165, 1.54) is 10.8 Å². The Balaban J connectivity index is 2.86. The first kappa shape index (κ1) is 13.2. The van der Waals surface area contributed by atoms with Crippen molar-refractivity contribution in [1.29, 1.82) is 0 Å². The maximum atomic E-state index is 11.5. The van der Waals surface area contributed by atoms with Crippen molar-refractivity contribution in [1.82, 2.24) is 9.55 Å². The Morgan fingerprint density at radius 3 is 2.65 bits per heavy atom. The number of ether oxygens (including phenoxy) is 1. The van der Waals surface area contributed by atoms with Crippen LogP contribution in [0.25, 0.3) is 0 Å². The van der Waals surface area contributed by atoms with Crippen LogP contribution in [-0.2, 0) is 16.1 Å². The highest BCUT2D eigenvalue weighted by atomic mass is 16.6. The van der Waals surface area contributed by atoms with Gasteiger partial charge >= 0.3 is 11.7 Å². The van der Waals surface area contributed by atoms with Gasteiger partial charge in [0.1, 0.15) is 18.0 Å². The minimum absolute atomic E-state index is 0.162. The molecule has 1 heterocycles. The molecule has 0 aliphatic heterocycles. The first-order valence-electron chi connectivity index (χ1n) is 5.24. The Bertz CT molecular complexity index is 486. The fourth-order valence-corrected chi connectivity index (χ4v) is 1.24. The summed E-state index contributed by atoms with van der Waals surface area (Å²) in [6, 6.07) is 0. The normalized spacial score (nSPS) is 11.3. The van der Waals surface area contributed by atoms with Gasteiger partial charge in [0.15, 0.2) is 0 Å². The van der Waals surface area contributed by atoms with Gasteiger partial charge in [-0.1, -0.05) is 0 Å². The minimum atomic E-state index is -0.572. The summed E-state index contributed by atoms with van der Waals surface area (Å²) in [5.41, 5.74) is 5.00. The third-order valence-electron chi connectivity index (χ3n) is 1.93. The van der Waals surface area contributed by atoms with Gasteiger partial charge in [-0.25, -0.2) is 4.79 Å². The van der Waals surface area contributed by atoms with Gasteiger partial charge in [0.25, 0.3) is 0 Å². The Morgan fingerprint density at radius 2 is 2.12 bits per heavy atom. The van der Waals surface area contributed by atoms with Crippen LogP contribution in [0.5, 0.6) is 0 Å². The number of aryl methyl sites for hydroxylation is 1. The lowest BCUT2D eigenvalue weighted by atomic mass is 10.2. The van der Waals surface area contributed by atoms with E-state index in [4.69, 9.17) is 10.5 Å². The quantitative estimate of drug-likeness (QED) is 0.758. The fraction of sp³-hybridized carbons (Fsp3) is 0.545. The van der Waals surface area contributed by atoms with Crippen molar-refractivity contribution < 1.29 is 9.53 Å². The molecule has 17 heavy (non-hydrogen) atoms. The van der Waals surface area contributed by atoms with E-state index in [0.29, 0.717) is 5.56 Å². The largest absolute Gasteiger partial charge is 0.459 e. The van der Waals surface area contributed by atoms with Gasteiger partial charge in [0.05, 0.1) is 0 Å². The van der Waals surface area contributed by atoms with Gasteiger partial charge in [0, 0.05) is 11.8 Å². The van der Waals surface area contributed by atoms with Gasteiger partial charge in [-0.15, -0.1) is 0 Å². The van der Waals surface area contributed by atoms with Gasteiger partial charge in [0.2, 0.25) is 0 Å². The lowest BCUT2D eigenvalue weighted by Crippen LogP contribution is -2.32. The van der Waals surface area contributed by atoms with Crippen LogP contribution < -0.4 is 11.4 Å². The summed E-state index contributed by atoms with van der Waals surface area (Å²) in [5.74, 6) is -0.305. The summed E-state index contributed by atoms with van der Waals surface area (Å²) in [6.45, 7) is 6.85. The minimum Gasteiger partial charge on any atom is -0.459 e. The molecule has 0 amide bonds. The van der Waals surface area contributed by atoms with Crippen molar-refractivity contribution in [3.63, 3.8) is 0 Å². The number of anilines is 1. The summed E-state index contributed by atoms with van der Waals surface area (Å²) in [7, 11) is 0. The molecule has 0 spiro atoms. The second-order valence-corrected chi connectivity index (χ2v) is 4.81. The van der Waals surface area contributed by atoms with Crippen molar-refractivity contribution in [3.05, 3.63) is 22.2 Å². The van der Waals surface area contributed by atoms with E-state index in [9.17, 15) is 9.59 Å². The molecule has 1 aromatic heterocycles. The maximum Gasteiger partial charge on any atom is 0.350 e. The lowest BCUT2D eigenvalue weighted by molar-refractivity contribution is -0.155. The van der Waals surface area contributed by atoms with Gasteiger partial charge in [-0.05, 0) is 27.7 Å². The molecule has 94 valence electrons. The van der Waals surface area contributed by atoms with Crippen LogP contribution in [0.2, 0.25) is 0 Å². The van der Waals surface area contributed by atoms with Crippen molar-refractivity contribution in [3.8, 4) is 0 Å². The molecule has 0 unspecified atom stereocenters. The molecule has 0 aliphatic rings. The highest BCUT2D eigenvalue weighted by molar-refractivity contribution is 5.69. The predicted octanol–water partition coefficient (Wildman–Crippen LogP) is 0.476. The van der Waals surface area contributed by atoms with Crippen LogP contribution in [0.1, 0.15) is 26.3 Å². The highest BCUT2D eigenvalue weighted by Gasteiger charge is 2.17. The average molecular weight is 239 g/mol. The Labute approximate surface area is 99.4 Å². The van der Waals surface area contributed by atoms with Crippen LogP contribution in [-0.4, -0.2) is 21.1 Å². The molecule has 2 N–H and O–H groups in total. The number of nitrogen functional groups attached to an aromatic ring is 1. The number of esters is 1. The molecule has 0 radical (unpaired) electrons. The summed E-state index contributed by atoms with van der Waals surface area (Å²) < 4.78 is 6.29. The third-order valence-corrected chi connectivity index (χ3v) is 1.93. The van der Waals surface area contributed by atoms with Crippen molar-refractivity contribution >= 4 is 11.8 Å². The maximum absolute atomic E-state index is 11.5. The van der Waals surface area contributed by atoms with E-state index in [1.54, 1.807) is 27.7 Å². The molecule has 0 aliphatic carbocycles. The number of hydrogen-bond donors (Lipinski definition) is 1. The molecule has 1 aromatic rings.